The van der Waals surface area contributed by atoms with Crippen LogP contribution in [-0.4, -0.2) is 68.2 Å². The van der Waals surface area contributed by atoms with Gasteiger partial charge in [-0.15, -0.1) is 0 Å². The molecule has 1 aromatic carbocycles. The van der Waals surface area contributed by atoms with E-state index in [4.69, 9.17) is 4.74 Å². The Morgan fingerprint density at radius 1 is 1.12 bits per heavy atom. The van der Waals surface area contributed by atoms with Crippen molar-refractivity contribution >= 4 is 11.9 Å². The maximum atomic E-state index is 12.5. The smallest absolute Gasteiger partial charge is 0.317 e. The van der Waals surface area contributed by atoms with Crippen molar-refractivity contribution in [3.63, 3.8) is 0 Å². The monoisotopic (exact) mass is 345 g/mol. The molecule has 25 heavy (non-hydrogen) atoms. The van der Waals surface area contributed by atoms with Gasteiger partial charge in [0.2, 0.25) is 5.91 Å². The second-order valence-corrected chi connectivity index (χ2v) is 7.05. The highest BCUT2D eigenvalue weighted by Crippen LogP contribution is 2.48. The van der Waals surface area contributed by atoms with Crippen molar-refractivity contribution in [2.24, 2.45) is 0 Å². The Balaban J connectivity index is 1.49. The number of hydrogen-bond acceptors (Lipinski definition) is 3. The lowest BCUT2D eigenvalue weighted by molar-refractivity contribution is -0.136. The molecule has 0 radical (unpaired) electrons. The van der Waals surface area contributed by atoms with Crippen LogP contribution in [0.25, 0.3) is 0 Å². The lowest BCUT2D eigenvalue weighted by Gasteiger charge is -2.35. The highest BCUT2D eigenvalue weighted by Gasteiger charge is 2.45. The predicted octanol–water partition coefficient (Wildman–Crippen LogP) is 1.53. The minimum atomic E-state index is -0.0290. The van der Waals surface area contributed by atoms with Gasteiger partial charge in [0.25, 0.3) is 0 Å². The highest BCUT2D eigenvalue weighted by molar-refractivity contribution is 5.78. The van der Waals surface area contributed by atoms with Gasteiger partial charge in [-0.25, -0.2) is 4.79 Å². The molecule has 0 bridgehead atoms. The molecule has 0 atom stereocenters. The fraction of sp³-hybridized carbons (Fsp3) is 0.579. The average Bonchev–Trinajstić information content (AvgIpc) is 3.41. The molecule has 3 amide bonds. The summed E-state index contributed by atoms with van der Waals surface area (Å²) in [5.41, 5.74) is 2.75. The Hall–Kier alpha value is -2.08. The summed E-state index contributed by atoms with van der Waals surface area (Å²) in [4.78, 5) is 27.8. The van der Waals surface area contributed by atoms with E-state index in [1.54, 1.807) is 9.80 Å². The second kappa shape index (κ2) is 7.44. The first kappa shape index (κ1) is 17.7. The fourth-order valence-electron chi connectivity index (χ4n) is 3.59. The van der Waals surface area contributed by atoms with E-state index in [1.807, 2.05) is 0 Å². The molecule has 6 nitrogen and oxygen atoms in total. The van der Waals surface area contributed by atoms with Crippen LogP contribution in [0.3, 0.4) is 0 Å². The molecule has 2 aliphatic rings. The maximum absolute atomic E-state index is 12.5. The molecule has 2 fully saturated rings. The van der Waals surface area contributed by atoms with Crippen molar-refractivity contribution in [3.8, 4) is 0 Å². The van der Waals surface area contributed by atoms with Crippen LogP contribution in [0.4, 0.5) is 4.79 Å². The molecule has 136 valence electrons. The van der Waals surface area contributed by atoms with Crippen molar-refractivity contribution in [2.75, 3.05) is 46.4 Å². The van der Waals surface area contributed by atoms with Gasteiger partial charge >= 0.3 is 6.03 Å². The minimum absolute atomic E-state index is 0.0148. The van der Waals surface area contributed by atoms with Crippen LogP contribution < -0.4 is 5.32 Å². The number of nitrogens with zero attached hydrogens (tertiary/aromatic N) is 2. The Kier molecular flexibility index (Phi) is 5.27. The molecular weight excluding hydrogens is 318 g/mol. The largest absolute Gasteiger partial charge is 0.375 e. The molecule has 0 aromatic heterocycles. The third-order valence-electron chi connectivity index (χ3n) is 5.34. The van der Waals surface area contributed by atoms with Crippen LogP contribution in [0.2, 0.25) is 0 Å². The van der Waals surface area contributed by atoms with Gasteiger partial charge in [-0.2, -0.15) is 0 Å². The van der Waals surface area contributed by atoms with Crippen LogP contribution in [-0.2, 0) is 14.9 Å². The van der Waals surface area contributed by atoms with Crippen LogP contribution in [0.5, 0.6) is 0 Å². The summed E-state index contributed by atoms with van der Waals surface area (Å²) in [6, 6.07) is 8.40. The number of piperazine rings is 1. The summed E-state index contributed by atoms with van der Waals surface area (Å²) >= 11 is 0. The Morgan fingerprint density at radius 2 is 1.76 bits per heavy atom. The van der Waals surface area contributed by atoms with Crippen LogP contribution in [0, 0.1) is 6.92 Å². The molecular formula is C19H27N3O3. The number of aryl methyl sites for hydroxylation is 1. The second-order valence-electron chi connectivity index (χ2n) is 7.05. The highest BCUT2D eigenvalue weighted by atomic mass is 16.5. The zero-order valence-corrected chi connectivity index (χ0v) is 15.1. The van der Waals surface area contributed by atoms with Crippen LogP contribution in [0.1, 0.15) is 24.0 Å². The van der Waals surface area contributed by atoms with Gasteiger partial charge in [0.15, 0.2) is 0 Å². The molecule has 1 heterocycles. The number of carbonyl (C=O) groups excluding carboxylic acids is 2. The van der Waals surface area contributed by atoms with Crippen molar-refractivity contribution in [3.05, 3.63) is 35.4 Å². The normalized spacial score (nSPS) is 18.8. The molecule has 1 saturated heterocycles. The number of carbonyl (C=O) groups is 2. The summed E-state index contributed by atoms with van der Waals surface area (Å²) in [5.74, 6) is -0.0148. The Bertz CT molecular complexity index is 635. The van der Waals surface area contributed by atoms with Crippen molar-refractivity contribution in [1.82, 2.24) is 15.1 Å². The molecule has 1 aliphatic heterocycles. The zero-order valence-electron chi connectivity index (χ0n) is 15.1. The molecule has 1 N–H and O–H groups in total. The number of rotatable bonds is 5. The quantitative estimate of drug-likeness (QED) is 0.880. The number of nitrogens with one attached hydrogen (secondary N) is 1. The number of ether oxygens (including phenoxy) is 1. The number of urea groups is 1. The van der Waals surface area contributed by atoms with Gasteiger partial charge in [0, 0.05) is 45.2 Å². The summed E-state index contributed by atoms with van der Waals surface area (Å²) in [7, 11) is 1.52. The molecule has 1 saturated carbocycles. The maximum Gasteiger partial charge on any atom is 0.317 e. The molecule has 3 rings (SSSR count). The molecule has 6 heteroatoms. The van der Waals surface area contributed by atoms with Gasteiger partial charge in [-0.1, -0.05) is 24.3 Å². The van der Waals surface area contributed by atoms with Crippen molar-refractivity contribution in [1.29, 1.82) is 0 Å². The summed E-state index contributed by atoms with van der Waals surface area (Å²) in [5, 5.41) is 3.11. The number of methoxy groups -OCH3 is 1. The predicted molar refractivity (Wildman–Crippen MR) is 95.5 cm³/mol. The SMILES string of the molecule is COCC(=O)N1CCN(C(=O)NCC2(c3ccccc3C)CC2)CC1. The van der Waals surface area contributed by atoms with Crippen LogP contribution >= 0.6 is 0 Å². The first-order valence-electron chi connectivity index (χ1n) is 8.91. The molecule has 1 aliphatic carbocycles. The van der Waals surface area contributed by atoms with E-state index in [9.17, 15) is 9.59 Å². The third kappa shape index (κ3) is 3.95. The first-order valence-corrected chi connectivity index (χ1v) is 8.91. The summed E-state index contributed by atoms with van der Waals surface area (Å²) < 4.78 is 4.88. The molecule has 1 aromatic rings. The summed E-state index contributed by atoms with van der Waals surface area (Å²) in [6.45, 7) is 5.19. The van der Waals surface area contributed by atoms with Gasteiger partial charge in [-0.3, -0.25) is 4.79 Å². The van der Waals surface area contributed by atoms with E-state index in [0.29, 0.717) is 32.7 Å². The summed E-state index contributed by atoms with van der Waals surface area (Å²) in [6.07, 6.45) is 2.24. The lowest BCUT2D eigenvalue weighted by Crippen LogP contribution is -2.54. The third-order valence-corrected chi connectivity index (χ3v) is 5.34. The van der Waals surface area contributed by atoms with E-state index in [0.717, 1.165) is 12.8 Å². The van der Waals surface area contributed by atoms with Crippen molar-refractivity contribution < 1.29 is 14.3 Å². The number of benzene rings is 1. The van der Waals surface area contributed by atoms with Gasteiger partial charge in [0.05, 0.1) is 0 Å². The molecule has 0 spiro atoms. The van der Waals surface area contributed by atoms with Crippen LogP contribution in [0.15, 0.2) is 24.3 Å². The van der Waals surface area contributed by atoms with Gasteiger partial charge in [0.1, 0.15) is 6.61 Å². The molecule has 0 unspecified atom stereocenters. The average molecular weight is 345 g/mol. The van der Waals surface area contributed by atoms with Gasteiger partial charge in [-0.05, 0) is 30.9 Å². The Labute approximate surface area is 149 Å². The van der Waals surface area contributed by atoms with E-state index < -0.39 is 0 Å². The van der Waals surface area contributed by atoms with Crippen molar-refractivity contribution in [2.45, 2.75) is 25.2 Å². The first-order chi connectivity index (χ1) is 12.1. The number of hydrogen-bond donors (Lipinski definition) is 1. The Morgan fingerprint density at radius 3 is 2.36 bits per heavy atom. The zero-order chi connectivity index (χ0) is 17.9. The lowest BCUT2D eigenvalue weighted by atomic mass is 9.92. The van der Waals surface area contributed by atoms with E-state index in [1.165, 1.54) is 18.2 Å². The van der Waals surface area contributed by atoms with E-state index >= 15 is 0 Å². The number of amides is 3. The fourth-order valence-corrected chi connectivity index (χ4v) is 3.59. The van der Waals surface area contributed by atoms with E-state index in [2.05, 4.69) is 36.5 Å². The van der Waals surface area contributed by atoms with E-state index in [-0.39, 0.29) is 24.0 Å². The minimum Gasteiger partial charge on any atom is -0.375 e. The van der Waals surface area contributed by atoms with Gasteiger partial charge < -0.3 is 19.9 Å². The topological polar surface area (TPSA) is 61.9 Å². The standard InChI is InChI=1S/C19H27N3O3/c1-15-5-3-4-6-16(15)19(7-8-19)14-20-18(24)22-11-9-21(10-12-22)17(23)13-25-2/h3-6H,7-14H2,1-2H3,(H,20,24).